The summed E-state index contributed by atoms with van der Waals surface area (Å²) in [6.07, 6.45) is 2.19. The van der Waals surface area contributed by atoms with Crippen molar-refractivity contribution in [1.29, 1.82) is 0 Å². The molecule has 1 aromatic carbocycles. The Kier molecular flexibility index (Phi) is 2.41. The molecular formula is C11H14N2. The van der Waals surface area contributed by atoms with Crippen LogP contribution in [0.25, 0.3) is 0 Å². The van der Waals surface area contributed by atoms with E-state index in [1.165, 1.54) is 5.69 Å². The van der Waals surface area contributed by atoms with Crippen molar-refractivity contribution in [3.63, 3.8) is 0 Å². The smallest absolute Gasteiger partial charge is 0.204 e. The lowest BCUT2D eigenvalue weighted by molar-refractivity contribution is -0.442. The van der Waals surface area contributed by atoms with Gasteiger partial charge in [0, 0.05) is 25.2 Å². The van der Waals surface area contributed by atoms with Crippen LogP contribution in [0.15, 0.2) is 30.3 Å². The summed E-state index contributed by atoms with van der Waals surface area (Å²) in [6.45, 7) is 3.01. The van der Waals surface area contributed by atoms with E-state index in [-0.39, 0.29) is 0 Å². The van der Waals surface area contributed by atoms with Crippen molar-refractivity contribution < 1.29 is 4.58 Å². The first-order valence-electron chi connectivity index (χ1n) is 4.57. The van der Waals surface area contributed by atoms with Crippen LogP contribution < -0.4 is 0 Å². The quantitative estimate of drug-likeness (QED) is 0.462. The van der Waals surface area contributed by atoms with Gasteiger partial charge in [-0.25, -0.2) is 4.58 Å². The van der Waals surface area contributed by atoms with Gasteiger partial charge in [0.05, 0.1) is 0 Å². The van der Waals surface area contributed by atoms with E-state index in [9.17, 15) is 0 Å². The average Bonchev–Trinajstić information content (AvgIpc) is 2.20. The summed E-state index contributed by atoms with van der Waals surface area (Å²) in [5, 5.41) is 0. The van der Waals surface area contributed by atoms with E-state index in [0.717, 1.165) is 19.6 Å². The SMILES string of the molecule is [CH2-]N1CC=[N+](c2ccccc2)CC1. The van der Waals surface area contributed by atoms with Crippen LogP contribution in [0.3, 0.4) is 0 Å². The first kappa shape index (κ1) is 8.45. The number of hydrogen-bond acceptors (Lipinski definition) is 1. The number of benzene rings is 1. The first-order chi connectivity index (χ1) is 6.36. The molecule has 2 nitrogen and oxygen atoms in total. The zero-order chi connectivity index (χ0) is 9.10. The predicted molar refractivity (Wildman–Crippen MR) is 54.2 cm³/mol. The van der Waals surface area contributed by atoms with Crippen molar-refractivity contribution in [3.8, 4) is 0 Å². The van der Waals surface area contributed by atoms with Crippen LogP contribution in [0.4, 0.5) is 5.69 Å². The molecule has 0 saturated heterocycles. The van der Waals surface area contributed by atoms with Crippen LogP contribution >= 0.6 is 0 Å². The molecule has 0 atom stereocenters. The van der Waals surface area contributed by atoms with Gasteiger partial charge in [0.2, 0.25) is 5.69 Å². The van der Waals surface area contributed by atoms with Gasteiger partial charge >= 0.3 is 0 Å². The molecule has 0 N–H and O–H groups in total. The molecule has 13 heavy (non-hydrogen) atoms. The molecule has 2 rings (SSSR count). The van der Waals surface area contributed by atoms with Crippen molar-refractivity contribution in [2.24, 2.45) is 0 Å². The van der Waals surface area contributed by atoms with Gasteiger partial charge in [-0.2, -0.15) is 0 Å². The number of nitrogens with zero attached hydrogens (tertiary/aromatic N) is 2. The molecule has 0 radical (unpaired) electrons. The van der Waals surface area contributed by atoms with E-state index in [1.54, 1.807) is 0 Å². The average molecular weight is 174 g/mol. The largest absolute Gasteiger partial charge is 0.446 e. The van der Waals surface area contributed by atoms with Gasteiger partial charge in [0.25, 0.3) is 0 Å². The Morgan fingerprint density at radius 3 is 2.62 bits per heavy atom. The van der Waals surface area contributed by atoms with Gasteiger partial charge in [0.15, 0.2) is 12.8 Å². The predicted octanol–water partition coefficient (Wildman–Crippen LogP) is 1.51. The third-order valence-corrected chi connectivity index (χ3v) is 2.31. The molecule has 0 aromatic heterocycles. The minimum atomic E-state index is 0.939. The maximum Gasteiger partial charge on any atom is 0.204 e. The van der Waals surface area contributed by atoms with Crippen LogP contribution in [-0.4, -0.2) is 35.3 Å². The van der Waals surface area contributed by atoms with Gasteiger partial charge in [0.1, 0.15) is 0 Å². The maximum absolute atomic E-state index is 3.90. The highest BCUT2D eigenvalue weighted by Gasteiger charge is 2.11. The second kappa shape index (κ2) is 3.71. The van der Waals surface area contributed by atoms with Crippen molar-refractivity contribution in [3.05, 3.63) is 37.4 Å². The highest BCUT2D eigenvalue weighted by molar-refractivity contribution is 5.57. The second-order valence-corrected chi connectivity index (χ2v) is 3.29. The zero-order valence-electron chi connectivity index (χ0n) is 7.69. The van der Waals surface area contributed by atoms with Crippen LogP contribution in [0.1, 0.15) is 0 Å². The third kappa shape index (κ3) is 1.95. The minimum absolute atomic E-state index is 0.939. The Morgan fingerprint density at radius 1 is 1.23 bits per heavy atom. The van der Waals surface area contributed by atoms with Crippen molar-refractivity contribution in [2.75, 3.05) is 19.6 Å². The Labute approximate surface area is 79.1 Å². The summed E-state index contributed by atoms with van der Waals surface area (Å²) < 4.78 is 2.28. The molecule has 0 amide bonds. The molecule has 1 aliphatic rings. The van der Waals surface area contributed by atoms with E-state index in [2.05, 4.69) is 47.0 Å². The minimum Gasteiger partial charge on any atom is -0.446 e. The van der Waals surface area contributed by atoms with Gasteiger partial charge < -0.3 is 4.90 Å². The lowest BCUT2D eigenvalue weighted by atomic mass is 10.3. The van der Waals surface area contributed by atoms with Crippen LogP contribution in [0.2, 0.25) is 0 Å². The number of hydrogen-bond donors (Lipinski definition) is 0. The third-order valence-electron chi connectivity index (χ3n) is 2.31. The molecule has 0 aliphatic carbocycles. The number of rotatable bonds is 1. The van der Waals surface area contributed by atoms with Gasteiger partial charge in [-0.1, -0.05) is 18.2 Å². The summed E-state index contributed by atoms with van der Waals surface area (Å²) in [5.41, 5.74) is 1.27. The fourth-order valence-electron chi connectivity index (χ4n) is 1.50. The van der Waals surface area contributed by atoms with Crippen LogP contribution in [0, 0.1) is 7.05 Å². The van der Waals surface area contributed by atoms with Crippen LogP contribution in [0.5, 0.6) is 0 Å². The molecule has 0 spiro atoms. The molecule has 68 valence electrons. The normalized spacial score (nSPS) is 18.4. The van der Waals surface area contributed by atoms with Gasteiger partial charge in [-0.3, -0.25) is 7.05 Å². The zero-order valence-corrected chi connectivity index (χ0v) is 7.69. The summed E-state index contributed by atoms with van der Waals surface area (Å²) in [5.74, 6) is 0. The highest BCUT2D eigenvalue weighted by atomic mass is 15.2. The molecule has 1 heterocycles. The molecule has 1 aromatic rings. The molecule has 0 fully saturated rings. The van der Waals surface area contributed by atoms with Crippen molar-refractivity contribution in [2.45, 2.75) is 0 Å². The van der Waals surface area contributed by atoms with E-state index < -0.39 is 0 Å². The highest BCUT2D eigenvalue weighted by Crippen LogP contribution is 2.10. The van der Waals surface area contributed by atoms with Gasteiger partial charge in [-0.05, 0) is 0 Å². The van der Waals surface area contributed by atoms with Crippen molar-refractivity contribution in [1.82, 2.24) is 4.90 Å². The standard InChI is InChI=1S/C11H14N2/c1-12-7-9-13(10-8-12)11-5-3-2-4-6-11/h2-6,9H,1,7-8,10H2. The molecule has 2 heteroatoms. The lowest BCUT2D eigenvalue weighted by Crippen LogP contribution is -2.33. The van der Waals surface area contributed by atoms with Crippen molar-refractivity contribution >= 4 is 11.9 Å². The summed E-state index contributed by atoms with van der Waals surface area (Å²) in [7, 11) is 3.90. The monoisotopic (exact) mass is 174 g/mol. The Bertz CT molecular complexity index is 303. The Hall–Kier alpha value is -1.15. The summed E-state index contributed by atoms with van der Waals surface area (Å²) in [6, 6.07) is 10.4. The maximum atomic E-state index is 3.90. The summed E-state index contributed by atoms with van der Waals surface area (Å²) >= 11 is 0. The Balaban J connectivity index is 2.19. The molecule has 0 unspecified atom stereocenters. The van der Waals surface area contributed by atoms with Crippen LogP contribution in [-0.2, 0) is 0 Å². The summed E-state index contributed by atoms with van der Waals surface area (Å²) in [4.78, 5) is 2.07. The van der Waals surface area contributed by atoms with E-state index in [0.29, 0.717) is 0 Å². The fraction of sp³-hybridized carbons (Fsp3) is 0.273. The second-order valence-electron chi connectivity index (χ2n) is 3.29. The van der Waals surface area contributed by atoms with E-state index in [4.69, 9.17) is 0 Å². The van der Waals surface area contributed by atoms with E-state index in [1.807, 2.05) is 6.07 Å². The first-order valence-corrected chi connectivity index (χ1v) is 4.57. The van der Waals surface area contributed by atoms with Gasteiger partial charge in [-0.15, -0.1) is 0 Å². The van der Waals surface area contributed by atoms with E-state index >= 15 is 0 Å². The molecular weight excluding hydrogens is 160 g/mol. The Morgan fingerprint density at radius 2 is 2.00 bits per heavy atom. The molecule has 0 bridgehead atoms. The molecule has 1 aliphatic heterocycles. The number of para-hydroxylation sites is 1. The lowest BCUT2D eigenvalue weighted by Gasteiger charge is -2.24. The molecule has 0 saturated carbocycles. The fourth-order valence-corrected chi connectivity index (χ4v) is 1.50. The topological polar surface area (TPSA) is 6.25 Å².